The van der Waals surface area contributed by atoms with E-state index in [0.29, 0.717) is 0 Å². The van der Waals surface area contributed by atoms with Crippen LogP contribution in [-0.2, 0) is 25.9 Å². The Morgan fingerprint density at radius 1 is 1.24 bits per heavy atom. The monoisotopic (exact) mass is 285 g/mol. The highest BCUT2D eigenvalue weighted by molar-refractivity contribution is 5.19. The number of rotatable bonds is 4. The lowest BCUT2D eigenvalue weighted by molar-refractivity contribution is 0.242. The molecular weight excluding hydrogens is 262 g/mol. The summed E-state index contributed by atoms with van der Waals surface area (Å²) in [5.74, 6) is 2.03. The summed E-state index contributed by atoms with van der Waals surface area (Å²) in [4.78, 5) is 10.6. The average molecular weight is 285 g/mol. The third kappa shape index (κ3) is 2.88. The van der Waals surface area contributed by atoms with Gasteiger partial charge in [-0.1, -0.05) is 25.7 Å². The van der Waals surface area contributed by atoms with Crippen molar-refractivity contribution in [1.82, 2.24) is 25.1 Å². The highest BCUT2D eigenvalue weighted by Crippen LogP contribution is 2.27. The predicted molar refractivity (Wildman–Crippen MR) is 80.7 cm³/mol. The number of nitrogens with one attached hydrogen (secondary N) is 2. The Kier molecular flexibility index (Phi) is 3.51. The minimum absolute atomic E-state index is 0.854. The number of aromatic amines is 2. The molecule has 0 unspecified atom stereocenters. The van der Waals surface area contributed by atoms with Crippen LogP contribution in [0.1, 0.15) is 48.5 Å². The topological polar surface area (TPSA) is 60.6 Å². The van der Waals surface area contributed by atoms with E-state index >= 15 is 0 Å². The Labute approximate surface area is 125 Å². The van der Waals surface area contributed by atoms with Crippen molar-refractivity contribution in [3.05, 3.63) is 35.2 Å². The second-order valence-corrected chi connectivity index (χ2v) is 6.54. The minimum Gasteiger partial charge on any atom is -0.345 e. The fraction of sp³-hybridized carbons (Fsp3) is 0.625. The maximum Gasteiger partial charge on any atom is 0.106 e. The first kappa shape index (κ1) is 13.1. The van der Waals surface area contributed by atoms with Gasteiger partial charge in [0.05, 0.1) is 6.20 Å². The van der Waals surface area contributed by atoms with Gasteiger partial charge in [-0.15, -0.1) is 0 Å². The van der Waals surface area contributed by atoms with Gasteiger partial charge in [-0.3, -0.25) is 10.00 Å². The summed E-state index contributed by atoms with van der Waals surface area (Å²) in [7, 11) is 0. The molecular formula is C16H23N5. The lowest BCUT2D eigenvalue weighted by Gasteiger charge is -2.25. The highest BCUT2D eigenvalue weighted by atomic mass is 15.2. The van der Waals surface area contributed by atoms with Gasteiger partial charge in [0.25, 0.3) is 0 Å². The standard InChI is InChI=1S/C16H23N5/c1-2-4-12(3-1)7-16-17-9-14(19-16)11-21-6-5-15-13(10-21)8-18-20-15/h8-9,12H,1-7,10-11H2,(H,17,19)(H,18,20). The largest absolute Gasteiger partial charge is 0.345 e. The van der Waals surface area contributed by atoms with E-state index in [2.05, 4.69) is 25.1 Å². The molecule has 112 valence electrons. The normalized spacial score (nSPS) is 20.0. The first-order chi connectivity index (χ1) is 10.4. The van der Waals surface area contributed by atoms with E-state index in [0.717, 1.165) is 38.4 Å². The van der Waals surface area contributed by atoms with E-state index in [9.17, 15) is 0 Å². The number of H-pyrrole nitrogens is 2. The van der Waals surface area contributed by atoms with Crippen LogP contribution in [0.25, 0.3) is 0 Å². The molecule has 2 aromatic heterocycles. The van der Waals surface area contributed by atoms with Crippen molar-refractivity contribution in [2.45, 2.75) is 51.6 Å². The van der Waals surface area contributed by atoms with Crippen molar-refractivity contribution in [2.75, 3.05) is 6.54 Å². The van der Waals surface area contributed by atoms with Crippen LogP contribution in [-0.4, -0.2) is 31.6 Å². The molecule has 0 atom stereocenters. The molecule has 3 heterocycles. The van der Waals surface area contributed by atoms with E-state index in [1.54, 1.807) is 0 Å². The van der Waals surface area contributed by atoms with Crippen LogP contribution in [0.4, 0.5) is 0 Å². The van der Waals surface area contributed by atoms with Crippen LogP contribution in [0.2, 0.25) is 0 Å². The van der Waals surface area contributed by atoms with Crippen LogP contribution in [0.15, 0.2) is 12.4 Å². The summed E-state index contributed by atoms with van der Waals surface area (Å²) < 4.78 is 0. The number of hydrogen-bond acceptors (Lipinski definition) is 3. The third-order valence-corrected chi connectivity index (χ3v) is 4.91. The summed E-state index contributed by atoms with van der Waals surface area (Å²) in [5.41, 5.74) is 3.89. The maximum absolute atomic E-state index is 4.58. The zero-order valence-corrected chi connectivity index (χ0v) is 12.4. The molecule has 0 saturated heterocycles. The summed E-state index contributed by atoms with van der Waals surface area (Å²) in [6.45, 7) is 3.04. The summed E-state index contributed by atoms with van der Waals surface area (Å²) in [6.07, 6.45) is 11.7. The van der Waals surface area contributed by atoms with Crippen molar-refractivity contribution in [3.63, 3.8) is 0 Å². The lowest BCUT2D eigenvalue weighted by atomic mass is 10.0. The fourth-order valence-corrected chi connectivity index (χ4v) is 3.73. The van der Waals surface area contributed by atoms with Crippen LogP contribution < -0.4 is 0 Å². The minimum atomic E-state index is 0.854. The second-order valence-electron chi connectivity index (χ2n) is 6.54. The Bertz CT molecular complexity index is 593. The lowest BCUT2D eigenvalue weighted by Crippen LogP contribution is -2.29. The van der Waals surface area contributed by atoms with Crippen molar-refractivity contribution in [2.24, 2.45) is 5.92 Å². The number of aromatic nitrogens is 4. The Morgan fingerprint density at radius 2 is 2.14 bits per heavy atom. The first-order valence-corrected chi connectivity index (χ1v) is 8.13. The molecule has 2 N–H and O–H groups in total. The van der Waals surface area contributed by atoms with Gasteiger partial charge >= 0.3 is 0 Å². The molecule has 5 heteroatoms. The van der Waals surface area contributed by atoms with Crippen molar-refractivity contribution >= 4 is 0 Å². The summed E-state index contributed by atoms with van der Waals surface area (Å²) >= 11 is 0. The smallest absolute Gasteiger partial charge is 0.106 e. The van der Waals surface area contributed by atoms with Gasteiger partial charge < -0.3 is 4.98 Å². The molecule has 21 heavy (non-hydrogen) atoms. The molecule has 4 rings (SSSR count). The van der Waals surface area contributed by atoms with Gasteiger partial charge in [-0.25, -0.2) is 4.98 Å². The molecule has 5 nitrogen and oxygen atoms in total. The molecule has 2 aromatic rings. The maximum atomic E-state index is 4.58. The van der Waals surface area contributed by atoms with Gasteiger partial charge in [-0.2, -0.15) is 5.10 Å². The van der Waals surface area contributed by atoms with Crippen molar-refractivity contribution in [3.8, 4) is 0 Å². The van der Waals surface area contributed by atoms with Gasteiger partial charge in [-0.05, 0) is 5.92 Å². The van der Waals surface area contributed by atoms with Crippen LogP contribution in [0.5, 0.6) is 0 Å². The number of hydrogen-bond donors (Lipinski definition) is 2. The zero-order chi connectivity index (χ0) is 14.1. The first-order valence-electron chi connectivity index (χ1n) is 8.13. The van der Waals surface area contributed by atoms with Crippen molar-refractivity contribution < 1.29 is 0 Å². The summed E-state index contributed by atoms with van der Waals surface area (Å²) in [5, 5.41) is 7.22. The molecule has 1 fully saturated rings. The van der Waals surface area contributed by atoms with E-state index in [1.807, 2.05) is 12.4 Å². The van der Waals surface area contributed by atoms with Crippen LogP contribution in [0, 0.1) is 5.92 Å². The molecule has 0 amide bonds. The number of fused-ring (bicyclic) bond motifs is 1. The molecule has 1 aliphatic carbocycles. The SMILES string of the molecule is c1nc(CC2CCCC2)[nH]c1CN1CCc2[nH]ncc2C1. The molecule has 0 bridgehead atoms. The highest BCUT2D eigenvalue weighted by Gasteiger charge is 2.19. The zero-order valence-electron chi connectivity index (χ0n) is 12.4. The van der Waals surface area contributed by atoms with E-state index in [1.165, 1.54) is 48.5 Å². The van der Waals surface area contributed by atoms with Crippen LogP contribution in [0.3, 0.4) is 0 Å². The fourth-order valence-electron chi connectivity index (χ4n) is 3.73. The van der Waals surface area contributed by atoms with Gasteiger partial charge in [0.1, 0.15) is 5.82 Å². The van der Waals surface area contributed by atoms with Crippen LogP contribution >= 0.6 is 0 Å². The number of nitrogens with zero attached hydrogens (tertiary/aromatic N) is 3. The summed E-state index contributed by atoms with van der Waals surface area (Å²) in [6, 6.07) is 0. The molecule has 1 aliphatic heterocycles. The number of imidazole rings is 1. The van der Waals surface area contributed by atoms with E-state index in [4.69, 9.17) is 0 Å². The van der Waals surface area contributed by atoms with E-state index < -0.39 is 0 Å². The Morgan fingerprint density at radius 3 is 3.05 bits per heavy atom. The molecule has 2 aliphatic rings. The Hall–Kier alpha value is -1.62. The Balaban J connectivity index is 1.36. The van der Waals surface area contributed by atoms with E-state index in [-0.39, 0.29) is 0 Å². The average Bonchev–Trinajstić information content (AvgIpc) is 3.21. The predicted octanol–water partition coefficient (Wildman–Crippen LogP) is 2.42. The van der Waals surface area contributed by atoms with Gasteiger partial charge in [0.15, 0.2) is 0 Å². The van der Waals surface area contributed by atoms with Crippen molar-refractivity contribution in [1.29, 1.82) is 0 Å². The third-order valence-electron chi connectivity index (χ3n) is 4.91. The molecule has 1 saturated carbocycles. The second kappa shape index (κ2) is 5.64. The van der Waals surface area contributed by atoms with Gasteiger partial charge in [0.2, 0.25) is 0 Å². The molecule has 0 spiro atoms. The molecule has 0 radical (unpaired) electrons. The quantitative estimate of drug-likeness (QED) is 0.907. The molecule has 0 aromatic carbocycles. The van der Waals surface area contributed by atoms with Gasteiger partial charge in [0, 0.05) is 55.6 Å².